The molecule has 0 atom stereocenters. The van der Waals surface area contributed by atoms with E-state index in [-0.39, 0.29) is 5.91 Å². The third-order valence-corrected chi connectivity index (χ3v) is 2.25. The summed E-state index contributed by atoms with van der Waals surface area (Å²) in [6, 6.07) is 7.99. The molecule has 0 unspecified atom stereocenters. The first-order valence-corrected chi connectivity index (χ1v) is 5.03. The SMILES string of the molecule is Cc1ccc(/C=C/C(=O)n2ccnc2)cc1. The zero-order chi connectivity index (χ0) is 11.4. The molecule has 0 saturated carbocycles. The smallest absolute Gasteiger partial charge is 0.255 e. The van der Waals surface area contributed by atoms with Crippen LogP contribution in [0.3, 0.4) is 0 Å². The Kier molecular flexibility index (Phi) is 2.96. The van der Waals surface area contributed by atoms with Crippen molar-refractivity contribution in [3.63, 3.8) is 0 Å². The highest BCUT2D eigenvalue weighted by Crippen LogP contribution is 2.05. The molecule has 0 spiro atoms. The van der Waals surface area contributed by atoms with Gasteiger partial charge in [0.15, 0.2) is 0 Å². The van der Waals surface area contributed by atoms with Crippen molar-refractivity contribution in [2.45, 2.75) is 6.92 Å². The third-order valence-electron chi connectivity index (χ3n) is 2.25. The summed E-state index contributed by atoms with van der Waals surface area (Å²) in [7, 11) is 0. The molecule has 1 heterocycles. The lowest BCUT2D eigenvalue weighted by Gasteiger charge is -1.95. The molecule has 0 fully saturated rings. The van der Waals surface area contributed by atoms with Crippen molar-refractivity contribution >= 4 is 12.0 Å². The van der Waals surface area contributed by atoms with Crippen molar-refractivity contribution < 1.29 is 4.79 Å². The van der Waals surface area contributed by atoms with Gasteiger partial charge >= 0.3 is 0 Å². The Morgan fingerprint density at radius 3 is 2.69 bits per heavy atom. The lowest BCUT2D eigenvalue weighted by atomic mass is 10.1. The van der Waals surface area contributed by atoms with Crippen molar-refractivity contribution in [1.82, 2.24) is 9.55 Å². The fraction of sp³-hybridized carbons (Fsp3) is 0.0769. The van der Waals surface area contributed by atoms with Gasteiger partial charge in [-0.3, -0.25) is 9.36 Å². The predicted octanol–water partition coefficient (Wildman–Crippen LogP) is 2.55. The van der Waals surface area contributed by atoms with Gasteiger partial charge in [0.05, 0.1) is 0 Å². The number of benzene rings is 1. The Labute approximate surface area is 94.1 Å². The zero-order valence-electron chi connectivity index (χ0n) is 9.00. The van der Waals surface area contributed by atoms with Crippen LogP contribution in [0.2, 0.25) is 0 Å². The van der Waals surface area contributed by atoms with Crippen LogP contribution < -0.4 is 0 Å². The van der Waals surface area contributed by atoms with Crippen molar-refractivity contribution in [3.8, 4) is 0 Å². The van der Waals surface area contributed by atoms with Crippen LogP contribution in [0.15, 0.2) is 49.1 Å². The third kappa shape index (κ3) is 2.45. The minimum Gasteiger partial charge on any atom is -0.273 e. The Bertz CT molecular complexity index is 495. The summed E-state index contributed by atoms with van der Waals surface area (Å²) in [4.78, 5) is 15.4. The molecular weight excluding hydrogens is 200 g/mol. The summed E-state index contributed by atoms with van der Waals surface area (Å²) in [5.41, 5.74) is 2.22. The molecule has 0 bridgehead atoms. The second kappa shape index (κ2) is 4.57. The van der Waals surface area contributed by atoms with Crippen LogP contribution in [0.1, 0.15) is 15.9 Å². The van der Waals surface area contributed by atoms with Crippen molar-refractivity contribution in [2.24, 2.45) is 0 Å². The van der Waals surface area contributed by atoms with Crippen LogP contribution in [0, 0.1) is 6.92 Å². The van der Waals surface area contributed by atoms with Crippen LogP contribution in [-0.4, -0.2) is 15.5 Å². The molecule has 1 aromatic carbocycles. The van der Waals surface area contributed by atoms with Crippen molar-refractivity contribution in [2.75, 3.05) is 0 Å². The van der Waals surface area contributed by atoms with Crippen molar-refractivity contribution in [1.29, 1.82) is 0 Å². The van der Waals surface area contributed by atoms with E-state index in [2.05, 4.69) is 4.98 Å². The Balaban J connectivity index is 2.10. The largest absolute Gasteiger partial charge is 0.273 e. The van der Waals surface area contributed by atoms with E-state index in [0.29, 0.717) is 0 Å². The molecule has 0 aliphatic rings. The van der Waals surface area contributed by atoms with Gasteiger partial charge in [-0.1, -0.05) is 29.8 Å². The number of carbonyl (C=O) groups excluding carboxylic acids is 1. The molecule has 0 N–H and O–H groups in total. The first kappa shape index (κ1) is 10.4. The van der Waals surface area contributed by atoms with Crippen LogP contribution in [0.4, 0.5) is 0 Å². The number of aromatic nitrogens is 2. The Morgan fingerprint density at radius 2 is 2.06 bits per heavy atom. The van der Waals surface area contributed by atoms with E-state index in [9.17, 15) is 4.79 Å². The highest BCUT2D eigenvalue weighted by Gasteiger charge is 1.97. The normalized spacial score (nSPS) is 10.8. The molecule has 0 aliphatic heterocycles. The number of imidazole rings is 1. The van der Waals surface area contributed by atoms with E-state index in [0.717, 1.165) is 5.56 Å². The van der Waals surface area contributed by atoms with Gasteiger partial charge < -0.3 is 0 Å². The second-order valence-electron chi connectivity index (χ2n) is 3.55. The lowest BCUT2D eigenvalue weighted by Crippen LogP contribution is -2.03. The number of hydrogen-bond donors (Lipinski definition) is 0. The van der Waals surface area contributed by atoms with Gasteiger partial charge in [0.1, 0.15) is 6.33 Å². The average Bonchev–Trinajstić information content (AvgIpc) is 2.81. The second-order valence-corrected chi connectivity index (χ2v) is 3.55. The van der Waals surface area contributed by atoms with Gasteiger partial charge in [-0.15, -0.1) is 0 Å². The van der Waals surface area contributed by atoms with Crippen molar-refractivity contribution in [3.05, 3.63) is 60.2 Å². The van der Waals surface area contributed by atoms with Crippen LogP contribution in [-0.2, 0) is 0 Å². The molecule has 2 rings (SSSR count). The summed E-state index contributed by atoms with van der Waals surface area (Å²) in [5, 5.41) is 0. The van der Waals surface area contributed by atoms with Gasteiger partial charge in [0.2, 0.25) is 0 Å². The first-order chi connectivity index (χ1) is 7.75. The minimum absolute atomic E-state index is 0.0990. The Morgan fingerprint density at radius 1 is 1.31 bits per heavy atom. The Hall–Kier alpha value is -2.16. The summed E-state index contributed by atoms with van der Waals surface area (Å²) < 4.78 is 1.44. The maximum absolute atomic E-state index is 11.6. The molecule has 1 aromatic heterocycles. The average molecular weight is 212 g/mol. The highest BCUT2D eigenvalue weighted by atomic mass is 16.1. The highest BCUT2D eigenvalue weighted by molar-refractivity contribution is 5.93. The summed E-state index contributed by atoms with van der Waals surface area (Å²) >= 11 is 0. The minimum atomic E-state index is -0.0990. The van der Waals surface area contributed by atoms with Crippen LogP contribution in [0.25, 0.3) is 6.08 Å². The number of carbonyl (C=O) groups is 1. The fourth-order valence-electron chi connectivity index (χ4n) is 1.32. The van der Waals surface area contributed by atoms with E-state index < -0.39 is 0 Å². The summed E-state index contributed by atoms with van der Waals surface area (Å²) in [5.74, 6) is -0.0990. The van der Waals surface area contributed by atoms with Crippen LogP contribution >= 0.6 is 0 Å². The fourth-order valence-corrected chi connectivity index (χ4v) is 1.32. The maximum atomic E-state index is 11.6. The van der Waals surface area contributed by atoms with Crippen LogP contribution in [0.5, 0.6) is 0 Å². The summed E-state index contributed by atoms with van der Waals surface area (Å²) in [6.45, 7) is 2.03. The maximum Gasteiger partial charge on any atom is 0.255 e. The molecular formula is C13H12N2O. The van der Waals surface area contributed by atoms with E-state index in [4.69, 9.17) is 0 Å². The molecule has 2 aromatic rings. The molecule has 0 amide bonds. The van der Waals surface area contributed by atoms with Gasteiger partial charge in [0.25, 0.3) is 5.91 Å². The summed E-state index contributed by atoms with van der Waals surface area (Å²) in [6.07, 6.45) is 8.02. The molecule has 0 radical (unpaired) electrons. The molecule has 3 nitrogen and oxygen atoms in total. The first-order valence-electron chi connectivity index (χ1n) is 5.03. The quantitative estimate of drug-likeness (QED) is 0.717. The van der Waals surface area contributed by atoms with Gasteiger partial charge in [-0.25, -0.2) is 4.98 Å². The van der Waals surface area contributed by atoms with Gasteiger partial charge in [0, 0.05) is 18.5 Å². The number of allylic oxidation sites excluding steroid dienone is 1. The van der Waals surface area contributed by atoms with Gasteiger partial charge in [-0.2, -0.15) is 0 Å². The number of nitrogens with zero attached hydrogens (tertiary/aromatic N) is 2. The van der Waals surface area contributed by atoms with Gasteiger partial charge in [-0.05, 0) is 18.6 Å². The van der Waals surface area contributed by atoms with E-state index in [1.165, 1.54) is 22.5 Å². The monoisotopic (exact) mass is 212 g/mol. The van der Waals surface area contributed by atoms with E-state index in [1.54, 1.807) is 18.5 Å². The number of aryl methyl sites for hydroxylation is 1. The zero-order valence-corrected chi connectivity index (χ0v) is 9.00. The standard InChI is InChI=1S/C13H12N2O/c1-11-2-4-12(5-3-11)6-7-13(16)15-9-8-14-10-15/h2-10H,1H3/b7-6+. The van der Waals surface area contributed by atoms with E-state index >= 15 is 0 Å². The molecule has 3 heteroatoms. The number of rotatable bonds is 2. The topological polar surface area (TPSA) is 34.9 Å². The van der Waals surface area contributed by atoms with E-state index in [1.807, 2.05) is 31.2 Å². The number of hydrogen-bond acceptors (Lipinski definition) is 2. The predicted molar refractivity (Wildman–Crippen MR) is 63.1 cm³/mol. The molecule has 16 heavy (non-hydrogen) atoms. The lowest BCUT2D eigenvalue weighted by molar-refractivity contribution is 0.0969. The molecule has 0 saturated heterocycles. The molecule has 0 aliphatic carbocycles. The molecule has 80 valence electrons.